The molecule has 1 heterocycles. The van der Waals surface area contributed by atoms with Crippen LogP contribution in [0, 0.1) is 0 Å². The van der Waals surface area contributed by atoms with Crippen molar-refractivity contribution in [3.05, 3.63) is 59.1 Å². The minimum absolute atomic E-state index is 0.291. The van der Waals surface area contributed by atoms with E-state index in [2.05, 4.69) is 0 Å². The van der Waals surface area contributed by atoms with Gasteiger partial charge in [-0.3, -0.25) is 0 Å². The van der Waals surface area contributed by atoms with E-state index >= 15 is 0 Å². The first kappa shape index (κ1) is 18.7. The fraction of sp³-hybridized carbons (Fsp3) is 0.278. The van der Waals surface area contributed by atoms with Crippen LogP contribution in [0.25, 0.3) is 0 Å². The number of benzene rings is 2. The van der Waals surface area contributed by atoms with E-state index in [0.717, 1.165) is 0 Å². The van der Waals surface area contributed by atoms with Gasteiger partial charge in [0.05, 0.1) is 28.3 Å². The van der Waals surface area contributed by atoms with Crippen LogP contribution < -0.4 is 4.90 Å². The first-order valence-electron chi connectivity index (χ1n) is 8.11. The molecule has 2 aromatic rings. The summed E-state index contributed by atoms with van der Waals surface area (Å²) in [4.78, 5) is 14.0. The largest absolute Gasteiger partial charge is 0.465 e. The van der Waals surface area contributed by atoms with Gasteiger partial charge in [0.2, 0.25) is 10.0 Å². The number of halogens is 1. The van der Waals surface area contributed by atoms with Crippen LogP contribution in [0.3, 0.4) is 0 Å². The second-order valence-corrected chi connectivity index (χ2v) is 8.21. The van der Waals surface area contributed by atoms with Gasteiger partial charge in [0.25, 0.3) is 0 Å². The topological polar surface area (TPSA) is 66.9 Å². The number of hydrogen-bond acceptors (Lipinski definition) is 5. The fourth-order valence-corrected chi connectivity index (χ4v) is 4.59. The molecule has 3 rings (SSSR count). The Morgan fingerprint density at radius 1 is 1.04 bits per heavy atom. The molecule has 1 aliphatic heterocycles. The molecule has 0 amide bonds. The van der Waals surface area contributed by atoms with Crippen molar-refractivity contribution in [2.75, 3.05) is 38.2 Å². The molecule has 1 fully saturated rings. The fourth-order valence-electron chi connectivity index (χ4n) is 2.91. The molecule has 0 radical (unpaired) electrons. The third-order valence-corrected chi connectivity index (χ3v) is 6.56. The van der Waals surface area contributed by atoms with Crippen LogP contribution in [-0.4, -0.2) is 52.0 Å². The maximum atomic E-state index is 12.7. The van der Waals surface area contributed by atoms with E-state index in [-0.39, 0.29) is 0 Å². The number of methoxy groups -OCH3 is 1. The lowest BCUT2D eigenvalue weighted by Gasteiger charge is -2.35. The Bertz CT molecular complexity index is 895. The molecule has 6 nitrogen and oxygen atoms in total. The molecule has 0 aliphatic carbocycles. The Balaban J connectivity index is 1.76. The van der Waals surface area contributed by atoms with Crippen molar-refractivity contribution in [2.45, 2.75) is 4.90 Å². The Kier molecular flexibility index (Phi) is 5.50. The second kappa shape index (κ2) is 7.65. The molecule has 1 saturated heterocycles. The smallest absolute Gasteiger partial charge is 0.337 e. The summed E-state index contributed by atoms with van der Waals surface area (Å²) >= 11 is 6.27. The Morgan fingerprint density at radius 3 is 2.31 bits per heavy atom. The van der Waals surface area contributed by atoms with E-state index in [1.54, 1.807) is 48.5 Å². The van der Waals surface area contributed by atoms with Gasteiger partial charge in [-0.05, 0) is 30.3 Å². The molecule has 1 aliphatic rings. The highest BCUT2D eigenvalue weighted by molar-refractivity contribution is 7.89. The van der Waals surface area contributed by atoms with Crippen molar-refractivity contribution in [1.82, 2.24) is 4.31 Å². The van der Waals surface area contributed by atoms with Gasteiger partial charge in [0.1, 0.15) is 0 Å². The highest BCUT2D eigenvalue weighted by atomic mass is 35.5. The summed E-state index contributed by atoms with van der Waals surface area (Å²) in [6.07, 6.45) is 0. The van der Waals surface area contributed by atoms with Crippen molar-refractivity contribution in [3.8, 4) is 0 Å². The molecule has 0 spiro atoms. The summed E-state index contributed by atoms with van der Waals surface area (Å²) in [5, 5.41) is 0.511. The summed E-state index contributed by atoms with van der Waals surface area (Å²) in [6.45, 7) is 1.65. The number of anilines is 1. The maximum absolute atomic E-state index is 12.7. The first-order chi connectivity index (χ1) is 12.4. The van der Waals surface area contributed by atoms with Crippen LogP contribution in [-0.2, 0) is 14.8 Å². The minimum Gasteiger partial charge on any atom is -0.465 e. The number of sulfonamides is 1. The quantitative estimate of drug-likeness (QED) is 0.746. The monoisotopic (exact) mass is 394 g/mol. The zero-order valence-corrected chi connectivity index (χ0v) is 15.8. The van der Waals surface area contributed by atoms with Gasteiger partial charge >= 0.3 is 5.97 Å². The Hall–Kier alpha value is -2.09. The summed E-state index contributed by atoms with van der Waals surface area (Å²) < 4.78 is 31.6. The van der Waals surface area contributed by atoms with E-state index in [9.17, 15) is 13.2 Å². The third kappa shape index (κ3) is 3.70. The van der Waals surface area contributed by atoms with E-state index in [1.165, 1.54) is 11.4 Å². The van der Waals surface area contributed by atoms with E-state index in [4.69, 9.17) is 16.3 Å². The van der Waals surface area contributed by atoms with Crippen LogP contribution in [0.2, 0.25) is 5.02 Å². The number of hydrogen-bond donors (Lipinski definition) is 0. The first-order valence-corrected chi connectivity index (χ1v) is 9.93. The lowest BCUT2D eigenvalue weighted by molar-refractivity contribution is 0.0601. The summed E-state index contributed by atoms with van der Waals surface area (Å²) in [5.41, 5.74) is 1.11. The number of carbonyl (C=O) groups excluding carboxylic acids is 1. The molecule has 0 bridgehead atoms. The van der Waals surface area contributed by atoms with Gasteiger partial charge in [0, 0.05) is 26.2 Å². The highest BCUT2D eigenvalue weighted by Gasteiger charge is 2.29. The summed E-state index contributed by atoms with van der Waals surface area (Å²) in [6, 6.07) is 13.3. The van der Waals surface area contributed by atoms with Crippen LogP contribution in [0.5, 0.6) is 0 Å². The van der Waals surface area contributed by atoms with Gasteiger partial charge in [-0.25, -0.2) is 13.2 Å². The normalized spacial score (nSPS) is 15.7. The Labute approximate surface area is 158 Å². The van der Waals surface area contributed by atoms with Crippen LogP contribution in [0.4, 0.5) is 5.69 Å². The molecule has 0 unspecified atom stereocenters. The van der Waals surface area contributed by atoms with Crippen molar-refractivity contribution in [3.63, 3.8) is 0 Å². The number of rotatable bonds is 4. The van der Waals surface area contributed by atoms with Crippen molar-refractivity contribution >= 4 is 33.3 Å². The standard InChI is InChI=1S/C18H19ClN2O4S/c1-25-18(22)14-7-8-16(19)17(13-14)20-9-11-21(12-10-20)26(23,24)15-5-3-2-4-6-15/h2-8,13H,9-12H2,1H3. The van der Waals surface area contributed by atoms with E-state index < -0.39 is 16.0 Å². The molecular formula is C18H19ClN2O4S. The number of piperazine rings is 1. The number of nitrogens with zero attached hydrogens (tertiary/aromatic N) is 2. The summed E-state index contributed by atoms with van der Waals surface area (Å²) in [5.74, 6) is -0.437. The molecule has 0 aromatic heterocycles. The Morgan fingerprint density at radius 2 is 1.69 bits per heavy atom. The predicted octanol–water partition coefficient (Wildman–Crippen LogP) is 2.64. The average molecular weight is 395 g/mol. The summed E-state index contributed by atoms with van der Waals surface area (Å²) in [7, 11) is -2.18. The predicted molar refractivity (Wildman–Crippen MR) is 100 cm³/mol. The van der Waals surface area contributed by atoms with E-state index in [1.807, 2.05) is 4.90 Å². The molecule has 2 aromatic carbocycles. The molecule has 26 heavy (non-hydrogen) atoms. The SMILES string of the molecule is COC(=O)c1ccc(Cl)c(N2CCN(S(=O)(=O)c3ccccc3)CC2)c1. The highest BCUT2D eigenvalue weighted by Crippen LogP contribution is 2.29. The van der Waals surface area contributed by atoms with Crippen molar-refractivity contribution < 1.29 is 17.9 Å². The number of carbonyl (C=O) groups is 1. The zero-order valence-electron chi connectivity index (χ0n) is 14.3. The van der Waals surface area contributed by atoms with Gasteiger partial charge < -0.3 is 9.64 Å². The zero-order chi connectivity index (χ0) is 18.7. The van der Waals surface area contributed by atoms with Crippen molar-refractivity contribution in [2.24, 2.45) is 0 Å². The minimum atomic E-state index is -3.50. The lowest BCUT2D eigenvalue weighted by atomic mass is 10.1. The molecule has 0 atom stereocenters. The van der Waals surface area contributed by atoms with Crippen LogP contribution in [0.1, 0.15) is 10.4 Å². The molecule has 138 valence electrons. The third-order valence-electron chi connectivity index (χ3n) is 4.33. The van der Waals surface area contributed by atoms with Crippen LogP contribution >= 0.6 is 11.6 Å². The maximum Gasteiger partial charge on any atom is 0.337 e. The molecule has 0 N–H and O–H groups in total. The van der Waals surface area contributed by atoms with Gasteiger partial charge in [-0.2, -0.15) is 4.31 Å². The van der Waals surface area contributed by atoms with Gasteiger partial charge in [-0.15, -0.1) is 0 Å². The van der Waals surface area contributed by atoms with E-state index in [0.29, 0.717) is 47.3 Å². The lowest BCUT2D eigenvalue weighted by Crippen LogP contribution is -2.48. The van der Waals surface area contributed by atoms with Crippen molar-refractivity contribution in [1.29, 1.82) is 0 Å². The van der Waals surface area contributed by atoms with Crippen LogP contribution in [0.15, 0.2) is 53.4 Å². The average Bonchev–Trinajstić information content (AvgIpc) is 2.68. The number of ether oxygens (including phenoxy) is 1. The molecule has 8 heteroatoms. The van der Waals surface area contributed by atoms with Gasteiger partial charge in [-0.1, -0.05) is 29.8 Å². The molecule has 0 saturated carbocycles. The number of esters is 1. The molecular weight excluding hydrogens is 376 g/mol. The van der Waals surface area contributed by atoms with Gasteiger partial charge in [0.15, 0.2) is 0 Å². The second-order valence-electron chi connectivity index (χ2n) is 5.86.